The summed E-state index contributed by atoms with van der Waals surface area (Å²) < 4.78 is 11.4. The number of aliphatic hydroxyl groups is 8. The summed E-state index contributed by atoms with van der Waals surface area (Å²) in [5, 5.41) is 85.5. The highest BCUT2D eigenvalue weighted by Gasteiger charge is 2.72. The molecule has 0 bridgehead atoms. The van der Waals surface area contributed by atoms with Gasteiger partial charge in [0.15, 0.2) is 0 Å². The summed E-state index contributed by atoms with van der Waals surface area (Å²) in [5.74, 6) is -1.46. The molecule has 6 rings (SSSR count). The van der Waals surface area contributed by atoms with Crippen LogP contribution in [0.25, 0.3) is 0 Å². The van der Waals surface area contributed by atoms with E-state index in [0.29, 0.717) is 32.1 Å². The van der Waals surface area contributed by atoms with Crippen LogP contribution in [0.2, 0.25) is 0 Å². The normalized spacial score (nSPS) is 55.9. The van der Waals surface area contributed by atoms with Gasteiger partial charge in [0.1, 0.15) is 24.4 Å². The van der Waals surface area contributed by atoms with Gasteiger partial charge in [0.05, 0.1) is 30.3 Å². The highest BCUT2D eigenvalue weighted by Crippen LogP contribution is 2.76. The molecule has 47 heavy (non-hydrogen) atoms. The third kappa shape index (κ3) is 4.67. The molecule has 1 heterocycles. The molecular weight excluding hydrogens is 608 g/mol. The van der Waals surface area contributed by atoms with Crippen molar-refractivity contribution < 1.29 is 55.1 Å². The Bertz CT molecular complexity index is 1250. The van der Waals surface area contributed by atoms with Crippen LogP contribution in [0.5, 0.6) is 0 Å². The van der Waals surface area contributed by atoms with Crippen LogP contribution >= 0.6 is 0 Å². The van der Waals surface area contributed by atoms with Crippen LogP contribution in [-0.4, -0.2) is 109 Å². The van der Waals surface area contributed by atoms with Gasteiger partial charge in [0.2, 0.25) is 6.29 Å². The van der Waals surface area contributed by atoms with Gasteiger partial charge in [-0.3, -0.25) is 4.79 Å². The molecule has 0 spiro atoms. The fraction of sp³-hybridized carbons (Fsp3) is 0.917. The first-order valence-corrected chi connectivity index (χ1v) is 17.8. The van der Waals surface area contributed by atoms with Crippen molar-refractivity contribution >= 4 is 5.97 Å². The molecular formula is C36H58O11. The molecule has 268 valence electrons. The fourth-order valence-corrected chi connectivity index (χ4v) is 12.4. The van der Waals surface area contributed by atoms with Gasteiger partial charge in [-0.1, -0.05) is 39.3 Å². The predicted molar refractivity (Wildman–Crippen MR) is 169 cm³/mol. The molecule has 0 amide bonds. The monoisotopic (exact) mass is 666 g/mol. The Balaban J connectivity index is 1.40. The van der Waals surface area contributed by atoms with Crippen molar-refractivity contribution in [3.05, 3.63) is 11.6 Å². The molecule has 11 nitrogen and oxygen atoms in total. The van der Waals surface area contributed by atoms with Gasteiger partial charge in [-0.15, -0.1) is 0 Å². The van der Waals surface area contributed by atoms with E-state index < -0.39 is 83.1 Å². The van der Waals surface area contributed by atoms with Gasteiger partial charge >= 0.3 is 5.97 Å². The van der Waals surface area contributed by atoms with Gasteiger partial charge in [-0.2, -0.15) is 0 Å². The van der Waals surface area contributed by atoms with Crippen LogP contribution in [0.1, 0.15) is 92.4 Å². The van der Waals surface area contributed by atoms with E-state index in [2.05, 4.69) is 26.8 Å². The van der Waals surface area contributed by atoms with Gasteiger partial charge in [-0.05, 0) is 92.8 Å². The molecule has 16 atom stereocenters. The molecule has 5 aliphatic carbocycles. The molecule has 0 aromatic heterocycles. The average Bonchev–Trinajstić information content (AvgIpc) is 3.03. The fourth-order valence-electron chi connectivity index (χ4n) is 12.4. The largest absolute Gasteiger partial charge is 0.432 e. The van der Waals surface area contributed by atoms with Gasteiger partial charge in [0, 0.05) is 23.9 Å². The van der Waals surface area contributed by atoms with Gasteiger partial charge in [-0.25, -0.2) is 0 Å². The van der Waals surface area contributed by atoms with E-state index in [9.17, 15) is 45.6 Å². The van der Waals surface area contributed by atoms with Crippen molar-refractivity contribution in [1.82, 2.24) is 0 Å². The highest BCUT2D eigenvalue weighted by atomic mass is 16.7. The number of hydrogen-bond donors (Lipinski definition) is 8. The maximum absolute atomic E-state index is 14.5. The Morgan fingerprint density at radius 1 is 0.851 bits per heavy atom. The number of fused-ring (bicyclic) bond motifs is 7. The van der Waals surface area contributed by atoms with Crippen LogP contribution in [0.4, 0.5) is 0 Å². The summed E-state index contributed by atoms with van der Waals surface area (Å²) >= 11 is 0. The van der Waals surface area contributed by atoms with E-state index in [-0.39, 0.29) is 35.9 Å². The second kappa shape index (κ2) is 11.7. The van der Waals surface area contributed by atoms with E-state index in [4.69, 9.17) is 9.47 Å². The molecule has 8 N–H and O–H groups in total. The summed E-state index contributed by atoms with van der Waals surface area (Å²) in [6.45, 7) is 9.74. The molecule has 0 radical (unpaired) electrons. The molecule has 6 aliphatic rings. The van der Waals surface area contributed by atoms with Gasteiger partial charge < -0.3 is 50.3 Å². The Morgan fingerprint density at radius 2 is 1.55 bits per heavy atom. The molecule has 4 saturated carbocycles. The number of rotatable bonds is 5. The number of hydrogen-bond acceptors (Lipinski definition) is 11. The van der Waals surface area contributed by atoms with Crippen molar-refractivity contribution in [2.75, 3.05) is 19.8 Å². The minimum Gasteiger partial charge on any atom is -0.432 e. The van der Waals surface area contributed by atoms with Crippen LogP contribution in [0.3, 0.4) is 0 Å². The van der Waals surface area contributed by atoms with Crippen LogP contribution in [-0.2, 0) is 14.3 Å². The van der Waals surface area contributed by atoms with E-state index in [0.717, 1.165) is 31.3 Å². The second-order valence-electron chi connectivity index (χ2n) is 17.3. The molecule has 1 aliphatic heterocycles. The van der Waals surface area contributed by atoms with Crippen molar-refractivity contribution in [2.45, 2.75) is 135 Å². The lowest BCUT2D eigenvalue weighted by Gasteiger charge is -2.72. The van der Waals surface area contributed by atoms with E-state index in [1.165, 1.54) is 0 Å². The first-order chi connectivity index (χ1) is 21.9. The third-order valence-corrected chi connectivity index (χ3v) is 15.6. The summed E-state index contributed by atoms with van der Waals surface area (Å²) in [6, 6.07) is 0. The maximum atomic E-state index is 14.5. The quantitative estimate of drug-likeness (QED) is 0.156. The topological polar surface area (TPSA) is 197 Å². The predicted octanol–water partition coefficient (Wildman–Crippen LogP) is 1.41. The first-order valence-electron chi connectivity index (χ1n) is 17.8. The Morgan fingerprint density at radius 3 is 2.19 bits per heavy atom. The zero-order chi connectivity index (χ0) is 34.5. The minimum atomic E-state index is -1.74. The van der Waals surface area contributed by atoms with E-state index >= 15 is 0 Å². The lowest BCUT2D eigenvalue weighted by atomic mass is 9.33. The summed E-state index contributed by atoms with van der Waals surface area (Å²) in [5.41, 5.74) is -3.01. The summed E-state index contributed by atoms with van der Waals surface area (Å²) in [4.78, 5) is 14.5. The zero-order valence-corrected chi connectivity index (χ0v) is 28.6. The number of aliphatic hydroxyl groups excluding tert-OH is 7. The number of allylic oxidation sites excluding steroid dienone is 1. The first kappa shape index (κ1) is 35.7. The standard InChI is InChI=1S/C36H58O11/c1-31-11-10-24(40)32(2,18-39)22(31)9-12-34(4)23(31)7-6-20-28-35(5,45)19(16-37)8-13-36(28,15-14-33(20,34)3)30(44)47-29-27(43)26(42)25(41)21(17-38)46-29/h6,19,21-29,37-43,45H,7-18H2,1-5H3. The third-order valence-electron chi connectivity index (χ3n) is 15.6. The molecule has 16 unspecified atom stereocenters. The highest BCUT2D eigenvalue weighted by molar-refractivity contribution is 5.79. The lowest BCUT2D eigenvalue weighted by molar-refractivity contribution is -0.299. The Kier molecular flexibility index (Phi) is 8.88. The van der Waals surface area contributed by atoms with Crippen molar-refractivity contribution in [2.24, 2.45) is 50.7 Å². The molecule has 1 saturated heterocycles. The van der Waals surface area contributed by atoms with Crippen molar-refractivity contribution in [3.63, 3.8) is 0 Å². The summed E-state index contributed by atoms with van der Waals surface area (Å²) in [6.07, 6.45) is -0.504. The molecule has 0 aromatic carbocycles. The molecule has 0 aromatic rings. The van der Waals surface area contributed by atoms with Crippen LogP contribution in [0, 0.1) is 50.7 Å². The number of carbonyl (C=O) groups excluding carboxylic acids is 1. The van der Waals surface area contributed by atoms with Crippen molar-refractivity contribution in [3.8, 4) is 0 Å². The summed E-state index contributed by atoms with van der Waals surface area (Å²) in [7, 11) is 0. The average molecular weight is 667 g/mol. The Labute approximate surface area is 278 Å². The smallest absolute Gasteiger partial charge is 0.315 e. The van der Waals surface area contributed by atoms with Crippen LogP contribution in [0.15, 0.2) is 11.6 Å². The number of carbonyl (C=O) groups is 1. The van der Waals surface area contributed by atoms with Crippen molar-refractivity contribution in [1.29, 1.82) is 0 Å². The lowest BCUT2D eigenvalue weighted by Crippen LogP contribution is -2.69. The van der Waals surface area contributed by atoms with Crippen LogP contribution < -0.4 is 0 Å². The minimum absolute atomic E-state index is 0.0667. The SMILES string of the molecule is CC1(O)C(CO)CCC2(C(=O)OC3OC(CO)C(O)C(O)C3O)CCC3(C)C(=CCC4C5(C)CCC(O)C(C)(CO)C5CCC43C)C21. The van der Waals surface area contributed by atoms with E-state index in [1.807, 2.05) is 6.92 Å². The van der Waals surface area contributed by atoms with E-state index in [1.54, 1.807) is 6.92 Å². The maximum Gasteiger partial charge on any atom is 0.315 e. The second-order valence-corrected chi connectivity index (χ2v) is 17.3. The molecule has 5 fully saturated rings. The molecule has 11 heteroatoms. The zero-order valence-electron chi connectivity index (χ0n) is 28.6. The van der Waals surface area contributed by atoms with Gasteiger partial charge in [0.25, 0.3) is 0 Å². The number of ether oxygens (including phenoxy) is 2. The number of esters is 1. The Hall–Kier alpha value is -1.15.